The lowest BCUT2D eigenvalue weighted by Gasteiger charge is -2.32. The normalized spacial score (nSPS) is 18.8. The van der Waals surface area contributed by atoms with Crippen LogP contribution in [-0.2, 0) is 6.54 Å². The van der Waals surface area contributed by atoms with Crippen LogP contribution in [0.2, 0.25) is 0 Å². The molecule has 1 heterocycles. The van der Waals surface area contributed by atoms with E-state index in [1.165, 1.54) is 12.1 Å². The molecule has 1 aromatic carbocycles. The number of nitrogens with two attached hydrogens (primary N) is 2. The number of halogens is 3. The van der Waals surface area contributed by atoms with Gasteiger partial charge >= 0.3 is 0 Å². The van der Waals surface area contributed by atoms with Gasteiger partial charge in [0.25, 0.3) is 0 Å². The highest BCUT2D eigenvalue weighted by Crippen LogP contribution is 2.35. The van der Waals surface area contributed by atoms with Crippen molar-refractivity contribution < 1.29 is 4.39 Å². The highest BCUT2D eigenvalue weighted by Gasteiger charge is 2.29. The highest BCUT2D eigenvalue weighted by molar-refractivity contribution is 5.85. The smallest absolute Gasteiger partial charge is 0.222 e. The van der Waals surface area contributed by atoms with Gasteiger partial charge in [0.15, 0.2) is 0 Å². The highest BCUT2D eigenvalue weighted by atomic mass is 35.5. The third-order valence-corrected chi connectivity index (χ3v) is 4.07. The molecule has 4 N–H and O–H groups in total. The van der Waals surface area contributed by atoms with E-state index in [1.807, 2.05) is 18.0 Å². The Hall–Kier alpha value is -1.63. The van der Waals surface area contributed by atoms with Gasteiger partial charge in [-0.1, -0.05) is 12.1 Å². The summed E-state index contributed by atoms with van der Waals surface area (Å²) in [5.74, 6) is 1.19. The number of nitrogens with zero attached hydrogens (tertiary/aromatic N) is 3. The van der Waals surface area contributed by atoms with Gasteiger partial charge in [0.2, 0.25) is 5.95 Å². The zero-order valence-electron chi connectivity index (χ0n) is 13.4. The van der Waals surface area contributed by atoms with E-state index in [4.69, 9.17) is 11.5 Å². The van der Waals surface area contributed by atoms with Gasteiger partial charge in [-0.05, 0) is 30.5 Å². The van der Waals surface area contributed by atoms with Crippen molar-refractivity contribution in [2.45, 2.75) is 31.3 Å². The summed E-state index contributed by atoms with van der Waals surface area (Å²) in [5.41, 5.74) is 13.6. The number of aromatic nitrogens is 2. The third kappa shape index (κ3) is 4.69. The van der Waals surface area contributed by atoms with E-state index in [0.717, 1.165) is 29.9 Å². The van der Waals surface area contributed by atoms with E-state index in [2.05, 4.69) is 9.97 Å². The van der Waals surface area contributed by atoms with Crippen LogP contribution in [0.5, 0.6) is 0 Å². The Kier molecular flexibility index (Phi) is 7.20. The van der Waals surface area contributed by atoms with Crippen LogP contribution in [0.3, 0.4) is 0 Å². The van der Waals surface area contributed by atoms with Crippen LogP contribution in [0.4, 0.5) is 16.2 Å². The van der Waals surface area contributed by atoms with Crippen molar-refractivity contribution in [1.29, 1.82) is 0 Å². The molecule has 0 amide bonds. The molecule has 1 aromatic heterocycles. The van der Waals surface area contributed by atoms with Gasteiger partial charge in [-0.25, -0.2) is 9.37 Å². The number of rotatable bonds is 4. The molecule has 8 heteroatoms. The molecule has 1 aliphatic rings. The van der Waals surface area contributed by atoms with Crippen LogP contribution >= 0.6 is 24.8 Å². The molecule has 0 saturated heterocycles. The molecule has 3 rings (SSSR count). The molecule has 0 unspecified atom stereocenters. The zero-order chi connectivity index (χ0) is 15.7. The minimum Gasteiger partial charge on any atom is -0.368 e. The standard InChI is InChI=1S/C16H20FN5.2ClH/c1-22(9-10-2-4-12(17)5-3-10)15-8-14(20-16(19)21-15)11-6-13(18)7-11;;/h2-5,8,11,13H,6-7,9,18H2,1H3,(H2,19,20,21);2*1H. The molecule has 1 saturated carbocycles. The Morgan fingerprint density at radius 1 is 1.17 bits per heavy atom. The van der Waals surface area contributed by atoms with E-state index in [1.54, 1.807) is 12.1 Å². The largest absolute Gasteiger partial charge is 0.368 e. The van der Waals surface area contributed by atoms with Gasteiger partial charge in [-0.15, -0.1) is 24.8 Å². The summed E-state index contributed by atoms with van der Waals surface area (Å²) in [6.45, 7) is 0.625. The monoisotopic (exact) mass is 373 g/mol. The Bertz CT molecular complexity index is 662. The third-order valence-electron chi connectivity index (χ3n) is 4.07. The van der Waals surface area contributed by atoms with E-state index < -0.39 is 0 Å². The number of hydrogen-bond acceptors (Lipinski definition) is 5. The van der Waals surface area contributed by atoms with Gasteiger partial charge in [-0.2, -0.15) is 4.98 Å². The van der Waals surface area contributed by atoms with Crippen molar-refractivity contribution in [3.05, 3.63) is 47.4 Å². The van der Waals surface area contributed by atoms with Crippen LogP contribution in [0.25, 0.3) is 0 Å². The molecule has 2 aromatic rings. The van der Waals surface area contributed by atoms with Crippen LogP contribution in [0, 0.1) is 5.82 Å². The Balaban J connectivity index is 0.00000144. The van der Waals surface area contributed by atoms with Gasteiger partial charge in [0, 0.05) is 31.6 Å². The summed E-state index contributed by atoms with van der Waals surface area (Å²) in [7, 11) is 1.93. The second kappa shape index (κ2) is 8.46. The van der Waals surface area contributed by atoms with Gasteiger partial charge < -0.3 is 16.4 Å². The van der Waals surface area contributed by atoms with E-state index in [-0.39, 0.29) is 42.6 Å². The molecule has 132 valence electrons. The maximum absolute atomic E-state index is 13.0. The van der Waals surface area contributed by atoms with Crippen molar-refractivity contribution in [3.63, 3.8) is 0 Å². The first-order chi connectivity index (χ1) is 10.5. The maximum Gasteiger partial charge on any atom is 0.222 e. The van der Waals surface area contributed by atoms with Crippen molar-refractivity contribution in [2.75, 3.05) is 17.7 Å². The first-order valence-electron chi connectivity index (χ1n) is 7.37. The fourth-order valence-corrected chi connectivity index (χ4v) is 2.72. The van der Waals surface area contributed by atoms with Crippen LogP contribution in [0.15, 0.2) is 30.3 Å². The number of hydrogen-bond donors (Lipinski definition) is 2. The molecule has 0 spiro atoms. The van der Waals surface area contributed by atoms with Crippen molar-refractivity contribution in [2.24, 2.45) is 5.73 Å². The quantitative estimate of drug-likeness (QED) is 0.860. The number of anilines is 2. The molecule has 0 radical (unpaired) electrons. The Morgan fingerprint density at radius 2 is 1.79 bits per heavy atom. The minimum atomic E-state index is -0.235. The summed E-state index contributed by atoms with van der Waals surface area (Å²) in [5, 5.41) is 0. The molecule has 1 fully saturated rings. The van der Waals surface area contributed by atoms with Gasteiger partial charge in [0.05, 0.1) is 5.69 Å². The van der Waals surface area contributed by atoms with Crippen LogP contribution < -0.4 is 16.4 Å². The van der Waals surface area contributed by atoms with Gasteiger partial charge in [0.1, 0.15) is 11.6 Å². The van der Waals surface area contributed by atoms with Gasteiger partial charge in [-0.3, -0.25) is 0 Å². The Labute approximate surface area is 153 Å². The SMILES string of the molecule is CN(Cc1ccc(F)cc1)c1cc(C2CC(N)C2)nc(N)n1.Cl.Cl. The molecule has 5 nitrogen and oxygen atoms in total. The van der Waals surface area contributed by atoms with Crippen LogP contribution in [-0.4, -0.2) is 23.1 Å². The van der Waals surface area contributed by atoms with Crippen molar-refractivity contribution in [1.82, 2.24) is 9.97 Å². The fraction of sp³-hybridized carbons (Fsp3) is 0.375. The van der Waals surface area contributed by atoms with E-state index >= 15 is 0 Å². The molecule has 0 bridgehead atoms. The summed E-state index contributed by atoms with van der Waals surface area (Å²) in [4.78, 5) is 10.6. The predicted octanol–water partition coefficient (Wildman–Crippen LogP) is 2.88. The lowest BCUT2D eigenvalue weighted by Crippen LogP contribution is -2.35. The minimum absolute atomic E-state index is 0. The summed E-state index contributed by atoms with van der Waals surface area (Å²) in [6.07, 6.45) is 1.88. The van der Waals surface area contributed by atoms with Crippen molar-refractivity contribution >= 4 is 36.6 Å². The molecule has 24 heavy (non-hydrogen) atoms. The topological polar surface area (TPSA) is 81.1 Å². The van der Waals surface area contributed by atoms with Crippen molar-refractivity contribution in [3.8, 4) is 0 Å². The lowest BCUT2D eigenvalue weighted by molar-refractivity contribution is 0.345. The summed E-state index contributed by atoms with van der Waals surface area (Å²) in [6, 6.07) is 8.68. The average molecular weight is 374 g/mol. The summed E-state index contributed by atoms with van der Waals surface area (Å²) >= 11 is 0. The van der Waals surface area contributed by atoms with E-state index in [9.17, 15) is 4.39 Å². The zero-order valence-corrected chi connectivity index (χ0v) is 15.0. The number of benzene rings is 1. The number of nitrogen functional groups attached to an aromatic ring is 1. The lowest BCUT2D eigenvalue weighted by atomic mass is 9.78. The van der Waals surface area contributed by atoms with E-state index in [0.29, 0.717) is 12.5 Å². The fourth-order valence-electron chi connectivity index (χ4n) is 2.72. The second-order valence-corrected chi connectivity index (χ2v) is 5.92. The summed E-state index contributed by atoms with van der Waals surface area (Å²) < 4.78 is 13.0. The first-order valence-corrected chi connectivity index (χ1v) is 7.37. The predicted molar refractivity (Wildman–Crippen MR) is 99.4 cm³/mol. The maximum atomic E-state index is 13.0. The second-order valence-electron chi connectivity index (χ2n) is 5.92. The molecule has 0 atom stereocenters. The average Bonchev–Trinajstić information content (AvgIpc) is 2.45. The first kappa shape index (κ1) is 20.4. The molecule has 0 aliphatic heterocycles. The molecule has 1 aliphatic carbocycles. The molecular formula is C16H22Cl2FN5. The Morgan fingerprint density at radius 3 is 2.38 bits per heavy atom. The van der Waals surface area contributed by atoms with Crippen LogP contribution in [0.1, 0.15) is 30.0 Å². The molecular weight excluding hydrogens is 352 g/mol.